The minimum Gasteiger partial charge on any atom is -0.354 e. The highest BCUT2D eigenvalue weighted by Gasteiger charge is 1.98. The van der Waals surface area contributed by atoms with E-state index < -0.39 is 0 Å². The third-order valence-corrected chi connectivity index (χ3v) is 2.38. The van der Waals surface area contributed by atoms with Gasteiger partial charge in [-0.05, 0) is 18.1 Å². The van der Waals surface area contributed by atoms with Crippen LogP contribution in [0.15, 0.2) is 24.8 Å². The molecule has 0 bridgehead atoms. The van der Waals surface area contributed by atoms with Crippen molar-refractivity contribution in [3.05, 3.63) is 36.2 Å². The van der Waals surface area contributed by atoms with E-state index in [2.05, 4.69) is 50.4 Å². The lowest BCUT2D eigenvalue weighted by Crippen LogP contribution is -2.13. The summed E-state index contributed by atoms with van der Waals surface area (Å²) in [5.74, 6) is 0.869. The van der Waals surface area contributed by atoms with Crippen molar-refractivity contribution in [1.82, 2.24) is 25.1 Å². The van der Waals surface area contributed by atoms with Crippen LogP contribution in [0.3, 0.4) is 0 Å². The zero-order valence-corrected chi connectivity index (χ0v) is 9.48. The van der Waals surface area contributed by atoms with Crippen molar-refractivity contribution in [2.75, 3.05) is 0 Å². The highest BCUT2D eigenvalue weighted by Crippen LogP contribution is 2.02. The van der Waals surface area contributed by atoms with Crippen molar-refractivity contribution < 1.29 is 0 Å². The van der Waals surface area contributed by atoms with E-state index in [0.717, 1.165) is 25.5 Å². The van der Waals surface area contributed by atoms with Crippen LogP contribution >= 0.6 is 0 Å². The zero-order valence-electron chi connectivity index (χ0n) is 9.48. The second-order valence-corrected chi connectivity index (χ2v) is 3.79. The Hall–Kier alpha value is -1.62. The summed E-state index contributed by atoms with van der Waals surface area (Å²) in [4.78, 5) is 4.05. The first-order valence-corrected chi connectivity index (χ1v) is 5.58. The van der Waals surface area contributed by atoms with Crippen molar-refractivity contribution >= 4 is 0 Å². The van der Waals surface area contributed by atoms with Gasteiger partial charge in [0.2, 0.25) is 0 Å². The minimum absolute atomic E-state index is 0.721. The van der Waals surface area contributed by atoms with Gasteiger partial charge in [-0.3, -0.25) is 5.10 Å². The Labute approximate surface area is 94.9 Å². The molecule has 0 spiro atoms. The molecule has 0 saturated heterocycles. The molecule has 86 valence electrons. The topological polar surface area (TPSA) is 58.5 Å². The van der Waals surface area contributed by atoms with Gasteiger partial charge in [-0.1, -0.05) is 6.92 Å². The van der Waals surface area contributed by atoms with Crippen molar-refractivity contribution in [3.8, 4) is 0 Å². The highest BCUT2D eigenvalue weighted by molar-refractivity contribution is 5.09. The normalized spacial score (nSPS) is 10.8. The van der Waals surface area contributed by atoms with Gasteiger partial charge in [-0.2, -0.15) is 5.10 Å². The van der Waals surface area contributed by atoms with Gasteiger partial charge in [0.1, 0.15) is 12.2 Å². The number of hydrogen-bond acceptors (Lipinski definition) is 3. The number of nitrogens with zero attached hydrogens (tertiary/aromatic N) is 3. The molecular weight excluding hydrogens is 202 g/mol. The summed E-state index contributed by atoms with van der Waals surface area (Å²) in [6, 6.07) is 2.14. The molecule has 0 saturated carbocycles. The summed E-state index contributed by atoms with van der Waals surface area (Å²) in [5.41, 5.74) is 1.30. The fraction of sp³-hybridized carbons (Fsp3) is 0.455. The molecule has 2 aromatic heterocycles. The molecule has 5 heteroatoms. The third-order valence-electron chi connectivity index (χ3n) is 2.38. The maximum atomic E-state index is 4.05. The summed E-state index contributed by atoms with van der Waals surface area (Å²) in [7, 11) is 0. The molecule has 0 aromatic carbocycles. The smallest absolute Gasteiger partial charge is 0.138 e. The fourth-order valence-electron chi connectivity index (χ4n) is 1.63. The lowest BCUT2D eigenvalue weighted by Gasteiger charge is -2.00. The number of aryl methyl sites for hydroxylation is 1. The summed E-state index contributed by atoms with van der Waals surface area (Å²) in [6.45, 7) is 4.85. The summed E-state index contributed by atoms with van der Waals surface area (Å²) in [6.07, 6.45) is 6.99. The van der Waals surface area contributed by atoms with E-state index in [1.165, 1.54) is 18.3 Å². The van der Waals surface area contributed by atoms with Gasteiger partial charge >= 0.3 is 0 Å². The maximum absolute atomic E-state index is 4.05. The summed E-state index contributed by atoms with van der Waals surface area (Å²) in [5, 5.41) is 9.93. The van der Waals surface area contributed by atoms with Crippen LogP contribution in [0.25, 0.3) is 0 Å². The Morgan fingerprint density at radius 1 is 1.44 bits per heavy atom. The predicted octanol–water partition coefficient (Wildman–Crippen LogP) is 1.31. The van der Waals surface area contributed by atoms with Gasteiger partial charge in [-0.25, -0.2) is 4.98 Å². The average Bonchev–Trinajstić information content (AvgIpc) is 2.90. The van der Waals surface area contributed by atoms with Crippen molar-refractivity contribution in [2.24, 2.45) is 0 Å². The van der Waals surface area contributed by atoms with E-state index in [0.29, 0.717) is 0 Å². The Kier molecular flexibility index (Phi) is 3.71. The van der Waals surface area contributed by atoms with E-state index in [-0.39, 0.29) is 0 Å². The van der Waals surface area contributed by atoms with Gasteiger partial charge < -0.3 is 9.88 Å². The first-order chi connectivity index (χ1) is 7.88. The van der Waals surface area contributed by atoms with Crippen LogP contribution in [0.5, 0.6) is 0 Å². The molecule has 16 heavy (non-hydrogen) atoms. The van der Waals surface area contributed by atoms with E-state index in [1.54, 1.807) is 0 Å². The van der Waals surface area contributed by atoms with Gasteiger partial charge in [0.25, 0.3) is 0 Å². The van der Waals surface area contributed by atoms with E-state index >= 15 is 0 Å². The van der Waals surface area contributed by atoms with Crippen LogP contribution < -0.4 is 5.32 Å². The van der Waals surface area contributed by atoms with Crippen LogP contribution in [-0.4, -0.2) is 19.7 Å². The molecular formula is C11H17N5. The van der Waals surface area contributed by atoms with Crippen LogP contribution in [0, 0.1) is 0 Å². The molecule has 0 aliphatic carbocycles. The summed E-state index contributed by atoms with van der Waals surface area (Å²) < 4.78 is 2.21. The number of rotatable bonds is 6. The van der Waals surface area contributed by atoms with Crippen molar-refractivity contribution in [3.63, 3.8) is 0 Å². The Balaban J connectivity index is 1.76. The molecule has 0 aliphatic heterocycles. The van der Waals surface area contributed by atoms with Crippen LogP contribution in [-0.2, 0) is 19.6 Å². The highest BCUT2D eigenvalue weighted by atomic mass is 15.2. The lowest BCUT2D eigenvalue weighted by atomic mass is 10.3. The van der Waals surface area contributed by atoms with Gasteiger partial charge in [-0.15, -0.1) is 0 Å². The van der Waals surface area contributed by atoms with Gasteiger partial charge in [0, 0.05) is 25.5 Å². The zero-order chi connectivity index (χ0) is 11.2. The molecule has 2 N–H and O–H groups in total. The van der Waals surface area contributed by atoms with E-state index in [1.807, 2.05) is 0 Å². The minimum atomic E-state index is 0.721. The Morgan fingerprint density at radius 3 is 3.12 bits per heavy atom. The first-order valence-electron chi connectivity index (χ1n) is 5.58. The Morgan fingerprint density at radius 2 is 2.38 bits per heavy atom. The number of nitrogens with one attached hydrogen (secondary N) is 2. The Bertz CT molecular complexity index is 404. The molecule has 0 radical (unpaired) electrons. The van der Waals surface area contributed by atoms with Crippen molar-refractivity contribution in [1.29, 1.82) is 0 Å². The molecule has 5 nitrogen and oxygen atoms in total. The van der Waals surface area contributed by atoms with Crippen molar-refractivity contribution in [2.45, 2.75) is 33.0 Å². The SMILES string of the molecule is CCCn1ccc(CNCc2ncn[nH]2)c1. The number of aromatic amines is 1. The maximum Gasteiger partial charge on any atom is 0.138 e. The average molecular weight is 219 g/mol. The molecule has 0 aliphatic rings. The molecule has 2 heterocycles. The molecule has 0 fully saturated rings. The number of hydrogen-bond donors (Lipinski definition) is 2. The van der Waals surface area contributed by atoms with E-state index in [9.17, 15) is 0 Å². The van der Waals surface area contributed by atoms with E-state index in [4.69, 9.17) is 0 Å². The predicted molar refractivity (Wildman–Crippen MR) is 61.6 cm³/mol. The molecule has 2 rings (SSSR count). The number of H-pyrrole nitrogens is 1. The van der Waals surface area contributed by atoms with Crippen LogP contribution in [0.2, 0.25) is 0 Å². The second-order valence-electron chi connectivity index (χ2n) is 3.79. The largest absolute Gasteiger partial charge is 0.354 e. The summed E-state index contributed by atoms with van der Waals surface area (Å²) >= 11 is 0. The molecule has 2 aromatic rings. The monoisotopic (exact) mass is 219 g/mol. The molecule has 0 atom stereocenters. The standard InChI is InChI=1S/C11H17N5/c1-2-4-16-5-3-10(8-16)6-12-7-11-13-9-14-15-11/h3,5,8-9,12H,2,4,6-7H2,1H3,(H,13,14,15). The molecule has 0 amide bonds. The quantitative estimate of drug-likeness (QED) is 0.770. The first kappa shape index (κ1) is 10.9. The third kappa shape index (κ3) is 2.93. The molecule has 0 unspecified atom stereocenters. The van der Waals surface area contributed by atoms with Crippen LogP contribution in [0.4, 0.5) is 0 Å². The number of aromatic nitrogens is 4. The van der Waals surface area contributed by atoms with Gasteiger partial charge in [0.15, 0.2) is 0 Å². The second kappa shape index (κ2) is 5.46. The van der Waals surface area contributed by atoms with Crippen LogP contribution in [0.1, 0.15) is 24.7 Å². The van der Waals surface area contributed by atoms with Gasteiger partial charge in [0.05, 0.1) is 6.54 Å². The lowest BCUT2D eigenvalue weighted by molar-refractivity contribution is 0.654. The fourth-order valence-corrected chi connectivity index (χ4v) is 1.63.